The van der Waals surface area contributed by atoms with Crippen molar-refractivity contribution >= 4 is 5.91 Å². The molecular formula is C24H25N3O3. The molecular weight excluding hydrogens is 378 g/mol. The highest BCUT2D eigenvalue weighted by Gasteiger charge is 2.31. The Labute approximate surface area is 176 Å². The van der Waals surface area contributed by atoms with Crippen molar-refractivity contribution < 1.29 is 14.3 Å². The van der Waals surface area contributed by atoms with Crippen molar-refractivity contribution in [1.82, 2.24) is 15.1 Å². The normalized spacial score (nSPS) is 16.3. The molecule has 0 radical (unpaired) electrons. The number of nitrogens with zero attached hydrogens (tertiary/aromatic N) is 3. The smallest absolute Gasteiger partial charge is 0.234 e. The van der Waals surface area contributed by atoms with Gasteiger partial charge in [-0.3, -0.25) is 4.79 Å². The molecule has 0 spiro atoms. The van der Waals surface area contributed by atoms with Crippen molar-refractivity contribution in [2.45, 2.75) is 24.9 Å². The molecule has 3 aromatic rings. The maximum atomic E-state index is 13.6. The Morgan fingerprint density at radius 1 is 0.933 bits per heavy atom. The van der Waals surface area contributed by atoms with E-state index in [0.29, 0.717) is 18.3 Å². The van der Waals surface area contributed by atoms with E-state index in [1.165, 1.54) is 0 Å². The number of ether oxygens (including phenoxy) is 2. The van der Waals surface area contributed by atoms with Gasteiger partial charge in [0.05, 0.1) is 19.6 Å². The van der Waals surface area contributed by atoms with Crippen LogP contribution in [0.1, 0.15) is 29.9 Å². The van der Waals surface area contributed by atoms with Crippen LogP contribution in [0.15, 0.2) is 72.8 Å². The van der Waals surface area contributed by atoms with E-state index in [-0.39, 0.29) is 17.9 Å². The summed E-state index contributed by atoms with van der Waals surface area (Å²) in [7, 11) is 1.55. The van der Waals surface area contributed by atoms with Gasteiger partial charge in [0.25, 0.3) is 0 Å². The van der Waals surface area contributed by atoms with Gasteiger partial charge >= 0.3 is 0 Å². The molecule has 6 nitrogen and oxygen atoms in total. The number of aromatic nitrogens is 2. The van der Waals surface area contributed by atoms with Gasteiger partial charge in [0, 0.05) is 18.7 Å². The molecule has 0 N–H and O–H groups in total. The lowest BCUT2D eigenvalue weighted by atomic mass is 9.89. The zero-order valence-corrected chi connectivity index (χ0v) is 17.0. The highest BCUT2D eigenvalue weighted by Crippen LogP contribution is 2.28. The first-order valence-corrected chi connectivity index (χ1v) is 10.2. The quantitative estimate of drug-likeness (QED) is 0.628. The number of amides is 1. The van der Waals surface area contributed by atoms with Gasteiger partial charge in [-0.25, -0.2) is 0 Å². The second-order valence-corrected chi connectivity index (χ2v) is 7.33. The molecule has 1 atom stereocenters. The number of hydrogen-bond donors (Lipinski definition) is 0. The Bertz CT molecular complexity index is 909. The van der Waals surface area contributed by atoms with Crippen molar-refractivity contribution in [3.8, 4) is 11.8 Å². The van der Waals surface area contributed by atoms with Crippen LogP contribution in [0.3, 0.4) is 0 Å². The molecule has 1 fully saturated rings. The zero-order valence-electron chi connectivity index (χ0n) is 17.0. The minimum absolute atomic E-state index is 0.0986. The van der Waals surface area contributed by atoms with Crippen molar-refractivity contribution in [3.05, 3.63) is 83.9 Å². The number of piperidine rings is 1. The second kappa shape index (κ2) is 9.39. The van der Waals surface area contributed by atoms with Gasteiger partial charge < -0.3 is 14.4 Å². The number of likely N-dealkylation sites (tertiary alicyclic amines) is 1. The van der Waals surface area contributed by atoms with Crippen molar-refractivity contribution in [2.75, 3.05) is 20.2 Å². The Morgan fingerprint density at radius 3 is 2.10 bits per heavy atom. The molecule has 1 aliphatic heterocycles. The van der Waals surface area contributed by atoms with E-state index in [4.69, 9.17) is 9.47 Å². The predicted molar refractivity (Wildman–Crippen MR) is 114 cm³/mol. The van der Waals surface area contributed by atoms with E-state index in [9.17, 15) is 4.79 Å². The van der Waals surface area contributed by atoms with Crippen LogP contribution < -0.4 is 9.47 Å². The van der Waals surface area contributed by atoms with E-state index >= 15 is 0 Å². The number of benzene rings is 2. The fourth-order valence-corrected chi connectivity index (χ4v) is 3.84. The average Bonchev–Trinajstić information content (AvgIpc) is 2.81. The fourth-order valence-electron chi connectivity index (χ4n) is 3.84. The van der Waals surface area contributed by atoms with Crippen LogP contribution >= 0.6 is 0 Å². The zero-order chi connectivity index (χ0) is 20.8. The van der Waals surface area contributed by atoms with Crippen LogP contribution in [0.25, 0.3) is 0 Å². The Hall–Kier alpha value is -3.41. The topological polar surface area (TPSA) is 64.6 Å². The van der Waals surface area contributed by atoms with E-state index in [1.807, 2.05) is 65.6 Å². The molecule has 30 heavy (non-hydrogen) atoms. The number of methoxy groups -OCH3 is 1. The minimum atomic E-state index is -0.327. The summed E-state index contributed by atoms with van der Waals surface area (Å²) >= 11 is 0. The van der Waals surface area contributed by atoms with Crippen LogP contribution in [0.5, 0.6) is 11.8 Å². The van der Waals surface area contributed by atoms with Crippen LogP contribution in [-0.4, -0.2) is 47.3 Å². The van der Waals surface area contributed by atoms with E-state index in [2.05, 4.69) is 10.2 Å². The van der Waals surface area contributed by atoms with Gasteiger partial charge in [0.1, 0.15) is 6.10 Å². The molecule has 1 amide bonds. The van der Waals surface area contributed by atoms with Crippen molar-refractivity contribution in [2.24, 2.45) is 0 Å². The number of carbonyl (C=O) groups is 1. The first kappa shape index (κ1) is 19.9. The monoisotopic (exact) mass is 403 g/mol. The summed E-state index contributed by atoms with van der Waals surface area (Å²) in [4.78, 5) is 15.5. The van der Waals surface area contributed by atoms with Gasteiger partial charge in [-0.15, -0.1) is 10.2 Å². The molecule has 1 saturated heterocycles. The number of carbonyl (C=O) groups excluding carboxylic acids is 1. The van der Waals surface area contributed by atoms with Crippen molar-refractivity contribution in [1.29, 1.82) is 0 Å². The summed E-state index contributed by atoms with van der Waals surface area (Å²) in [5.74, 6) is 0.655. The molecule has 0 aliphatic carbocycles. The summed E-state index contributed by atoms with van der Waals surface area (Å²) < 4.78 is 11.0. The van der Waals surface area contributed by atoms with Gasteiger partial charge in [0.2, 0.25) is 17.7 Å². The molecule has 1 aliphatic rings. The first-order valence-electron chi connectivity index (χ1n) is 10.2. The Morgan fingerprint density at radius 2 is 1.53 bits per heavy atom. The molecule has 2 aromatic carbocycles. The predicted octanol–water partition coefficient (Wildman–Crippen LogP) is 3.69. The molecule has 2 heterocycles. The summed E-state index contributed by atoms with van der Waals surface area (Å²) in [5, 5.41) is 7.99. The molecule has 4 rings (SSSR count). The molecule has 0 bridgehead atoms. The van der Waals surface area contributed by atoms with Crippen LogP contribution in [0, 0.1) is 0 Å². The maximum Gasteiger partial charge on any atom is 0.234 e. The number of hydrogen-bond acceptors (Lipinski definition) is 5. The van der Waals surface area contributed by atoms with Crippen molar-refractivity contribution in [3.63, 3.8) is 0 Å². The third-order valence-electron chi connectivity index (χ3n) is 5.31. The Balaban J connectivity index is 1.51. The van der Waals surface area contributed by atoms with Gasteiger partial charge in [-0.1, -0.05) is 60.7 Å². The van der Waals surface area contributed by atoms with Crippen LogP contribution in [0.2, 0.25) is 0 Å². The minimum Gasteiger partial charge on any atom is -0.480 e. The fraction of sp³-hybridized carbons (Fsp3) is 0.292. The van der Waals surface area contributed by atoms with E-state index in [0.717, 1.165) is 30.5 Å². The lowest BCUT2D eigenvalue weighted by molar-refractivity contribution is -0.134. The highest BCUT2D eigenvalue weighted by molar-refractivity contribution is 5.87. The number of rotatable bonds is 6. The van der Waals surface area contributed by atoms with E-state index in [1.54, 1.807) is 19.2 Å². The molecule has 1 unspecified atom stereocenters. The lowest BCUT2D eigenvalue weighted by Gasteiger charge is -2.35. The van der Waals surface area contributed by atoms with Gasteiger partial charge in [-0.05, 0) is 24.0 Å². The molecule has 154 valence electrons. The highest BCUT2D eigenvalue weighted by atomic mass is 16.5. The van der Waals surface area contributed by atoms with Gasteiger partial charge in [-0.2, -0.15) is 0 Å². The standard InChI is InChI=1S/C24H25N3O3/c1-29-21-14-15-22(26-25-21)30-20-13-8-16-27(17-20)24(28)23(18-9-4-2-5-10-18)19-11-6-3-7-12-19/h2-7,9-12,14-15,20,23H,8,13,16-17H2,1H3. The van der Waals surface area contributed by atoms with E-state index < -0.39 is 0 Å². The molecule has 6 heteroatoms. The largest absolute Gasteiger partial charge is 0.480 e. The van der Waals surface area contributed by atoms with Gasteiger partial charge in [0.15, 0.2) is 0 Å². The van der Waals surface area contributed by atoms with Crippen LogP contribution in [0.4, 0.5) is 0 Å². The Kier molecular flexibility index (Phi) is 6.23. The third kappa shape index (κ3) is 4.59. The maximum absolute atomic E-state index is 13.6. The first-order chi connectivity index (χ1) is 14.7. The van der Waals surface area contributed by atoms with Crippen LogP contribution in [-0.2, 0) is 4.79 Å². The summed E-state index contributed by atoms with van der Waals surface area (Å²) in [5.41, 5.74) is 2.00. The average molecular weight is 403 g/mol. The summed E-state index contributed by atoms with van der Waals surface area (Å²) in [6, 6.07) is 23.4. The lowest BCUT2D eigenvalue weighted by Crippen LogP contribution is -2.46. The molecule has 0 saturated carbocycles. The SMILES string of the molecule is COc1ccc(OC2CCCN(C(=O)C(c3ccccc3)c3ccccc3)C2)nn1. The summed E-state index contributed by atoms with van der Waals surface area (Å²) in [6.07, 6.45) is 1.65. The second-order valence-electron chi connectivity index (χ2n) is 7.33. The third-order valence-corrected chi connectivity index (χ3v) is 5.31. The summed E-state index contributed by atoms with van der Waals surface area (Å²) in [6.45, 7) is 1.26. The molecule has 1 aromatic heterocycles.